The first-order chi connectivity index (χ1) is 10.8. The van der Waals surface area contributed by atoms with Gasteiger partial charge in [-0.05, 0) is 13.0 Å². The Morgan fingerprint density at radius 2 is 1.91 bits per heavy atom. The first-order valence-corrected chi connectivity index (χ1v) is 9.15. The number of anilines is 1. The Morgan fingerprint density at radius 3 is 2.48 bits per heavy atom. The van der Waals surface area contributed by atoms with Gasteiger partial charge in [-0.15, -0.1) is 0 Å². The fourth-order valence-electron chi connectivity index (χ4n) is 1.65. The molecule has 23 heavy (non-hydrogen) atoms. The predicted molar refractivity (Wildman–Crippen MR) is 92.3 cm³/mol. The van der Waals surface area contributed by atoms with E-state index in [-0.39, 0.29) is 16.8 Å². The highest BCUT2D eigenvalue weighted by Crippen LogP contribution is 2.24. The molecule has 1 heterocycles. The fourth-order valence-corrected chi connectivity index (χ4v) is 2.34. The predicted octanol–water partition coefficient (Wildman–Crippen LogP) is 3.40. The van der Waals surface area contributed by atoms with Crippen LogP contribution in [0.1, 0.15) is 31.1 Å². The minimum atomic E-state index is -3.51. The van der Waals surface area contributed by atoms with Gasteiger partial charge in [0.05, 0.1) is 18.1 Å². The molecule has 124 valence electrons. The van der Waals surface area contributed by atoms with Gasteiger partial charge in [-0.1, -0.05) is 43.6 Å². The highest BCUT2D eigenvalue weighted by molar-refractivity contribution is 7.92. The SMILES string of the molecule is CC.CC(=O)c1cccc(-c2cnc(Cl)c(NS(C)(=O)=O)n2)c1. The van der Waals surface area contributed by atoms with Gasteiger partial charge in [-0.25, -0.2) is 18.4 Å². The van der Waals surface area contributed by atoms with E-state index in [1.807, 2.05) is 13.8 Å². The maximum Gasteiger partial charge on any atom is 0.231 e. The van der Waals surface area contributed by atoms with E-state index in [0.29, 0.717) is 16.8 Å². The van der Waals surface area contributed by atoms with Crippen LogP contribution in [0.15, 0.2) is 30.5 Å². The third-order valence-corrected chi connectivity index (χ3v) is 3.42. The molecule has 8 heteroatoms. The van der Waals surface area contributed by atoms with Crippen LogP contribution in [0.5, 0.6) is 0 Å². The van der Waals surface area contributed by atoms with Crippen molar-refractivity contribution >= 4 is 33.2 Å². The molecule has 1 aromatic carbocycles. The molecular weight excluding hydrogens is 338 g/mol. The summed E-state index contributed by atoms with van der Waals surface area (Å²) in [6, 6.07) is 6.80. The van der Waals surface area contributed by atoms with Crippen LogP contribution in [0.4, 0.5) is 5.82 Å². The van der Waals surface area contributed by atoms with Gasteiger partial charge in [0, 0.05) is 11.1 Å². The second-order valence-electron chi connectivity index (χ2n) is 4.41. The number of aromatic nitrogens is 2. The molecule has 6 nitrogen and oxygen atoms in total. The molecule has 2 rings (SSSR count). The minimum absolute atomic E-state index is 0.0492. The molecule has 0 unspecified atom stereocenters. The van der Waals surface area contributed by atoms with Crippen molar-refractivity contribution in [1.82, 2.24) is 9.97 Å². The molecule has 0 atom stereocenters. The van der Waals surface area contributed by atoms with Gasteiger partial charge in [0.15, 0.2) is 16.8 Å². The zero-order chi connectivity index (χ0) is 17.6. The summed E-state index contributed by atoms with van der Waals surface area (Å²) >= 11 is 5.82. The number of rotatable bonds is 4. The molecule has 0 spiro atoms. The third-order valence-electron chi connectivity index (χ3n) is 2.57. The molecular formula is C15H18ClN3O3S. The third kappa shape index (κ3) is 5.61. The number of hydrogen-bond acceptors (Lipinski definition) is 5. The van der Waals surface area contributed by atoms with Gasteiger partial charge < -0.3 is 0 Å². The average molecular weight is 356 g/mol. The summed E-state index contributed by atoms with van der Waals surface area (Å²) in [6.45, 7) is 5.46. The van der Waals surface area contributed by atoms with Crippen LogP contribution in [0.2, 0.25) is 5.15 Å². The molecule has 0 saturated carbocycles. The number of carbonyl (C=O) groups excluding carboxylic acids is 1. The Hall–Kier alpha value is -1.99. The molecule has 0 radical (unpaired) electrons. The Kier molecular flexibility index (Phi) is 6.65. The minimum Gasteiger partial charge on any atom is -0.295 e. The van der Waals surface area contributed by atoms with Crippen LogP contribution in [-0.4, -0.2) is 30.4 Å². The summed E-state index contributed by atoms with van der Waals surface area (Å²) in [7, 11) is -3.51. The molecule has 0 fully saturated rings. The van der Waals surface area contributed by atoms with E-state index in [9.17, 15) is 13.2 Å². The smallest absolute Gasteiger partial charge is 0.231 e. The summed E-state index contributed by atoms with van der Waals surface area (Å²) in [5, 5.41) is -0.0492. The number of nitrogens with one attached hydrogen (secondary N) is 1. The van der Waals surface area contributed by atoms with E-state index in [2.05, 4.69) is 14.7 Å². The number of carbonyl (C=O) groups is 1. The first kappa shape index (κ1) is 19.1. The Morgan fingerprint density at radius 1 is 1.26 bits per heavy atom. The van der Waals surface area contributed by atoms with E-state index in [0.717, 1.165) is 6.26 Å². The van der Waals surface area contributed by atoms with Gasteiger partial charge in [-0.3, -0.25) is 9.52 Å². The lowest BCUT2D eigenvalue weighted by Crippen LogP contribution is -2.12. The number of hydrogen-bond donors (Lipinski definition) is 1. The van der Waals surface area contributed by atoms with E-state index in [4.69, 9.17) is 11.6 Å². The Labute approximate surface area is 141 Å². The van der Waals surface area contributed by atoms with E-state index < -0.39 is 10.0 Å². The topological polar surface area (TPSA) is 89.0 Å². The molecule has 0 aliphatic rings. The van der Waals surface area contributed by atoms with Crippen molar-refractivity contribution in [3.05, 3.63) is 41.2 Å². The molecule has 1 aromatic heterocycles. The van der Waals surface area contributed by atoms with Crippen molar-refractivity contribution in [3.63, 3.8) is 0 Å². The quantitative estimate of drug-likeness (QED) is 0.849. The fraction of sp³-hybridized carbons (Fsp3) is 0.267. The van der Waals surface area contributed by atoms with Gasteiger partial charge >= 0.3 is 0 Å². The molecule has 0 bridgehead atoms. The summed E-state index contributed by atoms with van der Waals surface area (Å²) in [5.41, 5.74) is 1.58. The van der Waals surface area contributed by atoms with E-state index >= 15 is 0 Å². The molecule has 0 aliphatic heterocycles. The van der Waals surface area contributed by atoms with Gasteiger partial charge in [-0.2, -0.15) is 0 Å². The van der Waals surface area contributed by atoms with Crippen LogP contribution in [0.25, 0.3) is 11.3 Å². The van der Waals surface area contributed by atoms with Gasteiger partial charge in [0.2, 0.25) is 10.0 Å². The normalized spacial score (nSPS) is 10.5. The lowest BCUT2D eigenvalue weighted by molar-refractivity contribution is 0.101. The highest BCUT2D eigenvalue weighted by atomic mass is 35.5. The number of Topliss-reactive ketones (excluding diaryl/α,β-unsaturated/α-hetero) is 1. The van der Waals surface area contributed by atoms with Gasteiger partial charge in [0.25, 0.3) is 0 Å². The Balaban J connectivity index is 0.00000127. The molecule has 0 amide bonds. The zero-order valence-corrected chi connectivity index (χ0v) is 14.9. The number of nitrogens with zero attached hydrogens (tertiary/aromatic N) is 2. The summed E-state index contributed by atoms with van der Waals surface area (Å²) in [5.74, 6) is -0.127. The molecule has 1 N–H and O–H groups in total. The number of sulfonamides is 1. The number of benzene rings is 1. The second-order valence-corrected chi connectivity index (χ2v) is 6.51. The maximum absolute atomic E-state index is 11.4. The molecule has 0 aliphatic carbocycles. The lowest BCUT2D eigenvalue weighted by atomic mass is 10.1. The monoisotopic (exact) mass is 355 g/mol. The van der Waals surface area contributed by atoms with Crippen molar-refractivity contribution in [2.45, 2.75) is 20.8 Å². The van der Waals surface area contributed by atoms with Gasteiger partial charge in [0.1, 0.15) is 0 Å². The van der Waals surface area contributed by atoms with Crippen molar-refractivity contribution in [2.75, 3.05) is 11.0 Å². The molecule has 0 saturated heterocycles. The van der Waals surface area contributed by atoms with Crippen molar-refractivity contribution in [1.29, 1.82) is 0 Å². The number of ketones is 1. The van der Waals surface area contributed by atoms with Crippen LogP contribution < -0.4 is 4.72 Å². The maximum atomic E-state index is 11.4. The van der Waals surface area contributed by atoms with Crippen LogP contribution in [0, 0.1) is 0 Å². The van der Waals surface area contributed by atoms with Crippen LogP contribution >= 0.6 is 11.6 Å². The second kappa shape index (κ2) is 8.03. The van der Waals surface area contributed by atoms with E-state index in [1.54, 1.807) is 24.3 Å². The summed E-state index contributed by atoms with van der Waals surface area (Å²) in [6.07, 6.45) is 2.41. The van der Waals surface area contributed by atoms with Crippen molar-refractivity contribution < 1.29 is 13.2 Å². The standard InChI is InChI=1S/C13H12ClN3O3S.C2H6/c1-8(18)9-4-3-5-10(6-9)11-7-15-12(14)13(16-11)17-21(2,19)20;1-2/h3-7H,1-2H3,(H,16,17);1-2H3. The highest BCUT2D eigenvalue weighted by Gasteiger charge is 2.12. The summed E-state index contributed by atoms with van der Waals surface area (Å²) < 4.78 is 24.7. The molecule has 2 aromatic rings. The largest absolute Gasteiger partial charge is 0.295 e. The zero-order valence-electron chi connectivity index (χ0n) is 13.3. The van der Waals surface area contributed by atoms with E-state index in [1.165, 1.54) is 13.1 Å². The van der Waals surface area contributed by atoms with Crippen molar-refractivity contribution in [2.24, 2.45) is 0 Å². The summed E-state index contributed by atoms with van der Waals surface area (Å²) in [4.78, 5) is 19.4. The van der Waals surface area contributed by atoms with Crippen LogP contribution in [-0.2, 0) is 10.0 Å². The first-order valence-electron chi connectivity index (χ1n) is 6.88. The number of halogens is 1. The van der Waals surface area contributed by atoms with Crippen LogP contribution in [0.3, 0.4) is 0 Å². The lowest BCUT2D eigenvalue weighted by Gasteiger charge is -2.08. The average Bonchev–Trinajstić information content (AvgIpc) is 2.50. The Bertz CT molecular complexity index is 807. The van der Waals surface area contributed by atoms with Crippen molar-refractivity contribution in [3.8, 4) is 11.3 Å².